The summed E-state index contributed by atoms with van der Waals surface area (Å²) in [5, 5.41) is 14.0. The van der Waals surface area contributed by atoms with Gasteiger partial charge >= 0.3 is 0 Å². The van der Waals surface area contributed by atoms with Crippen molar-refractivity contribution in [3.63, 3.8) is 0 Å². The zero-order valence-electron chi connectivity index (χ0n) is 13.9. The molecule has 1 aliphatic heterocycles. The van der Waals surface area contributed by atoms with Crippen LogP contribution in [-0.2, 0) is 6.54 Å². The van der Waals surface area contributed by atoms with Crippen LogP contribution >= 0.6 is 35.7 Å². The molecule has 23 heavy (non-hydrogen) atoms. The molecule has 130 valence electrons. The van der Waals surface area contributed by atoms with Crippen LogP contribution in [0.15, 0.2) is 23.2 Å². The lowest BCUT2D eigenvalue weighted by Gasteiger charge is -2.34. The highest BCUT2D eigenvalue weighted by atomic mass is 127. The number of methoxy groups -OCH3 is 1. The summed E-state index contributed by atoms with van der Waals surface area (Å²) in [6, 6.07) is 5.25. The second-order valence-electron chi connectivity index (χ2n) is 5.24. The highest BCUT2D eigenvalue weighted by molar-refractivity contribution is 14.0. The van der Waals surface area contributed by atoms with E-state index in [-0.39, 0.29) is 29.7 Å². The number of phenolic OH excluding ortho intramolecular Hbond substituents is 1. The van der Waals surface area contributed by atoms with E-state index >= 15 is 0 Å². The van der Waals surface area contributed by atoms with Gasteiger partial charge in [-0.15, -0.1) is 24.0 Å². The van der Waals surface area contributed by atoms with Gasteiger partial charge in [-0.25, -0.2) is 0 Å². The fourth-order valence-corrected chi connectivity index (χ4v) is 3.68. The third-order valence-corrected chi connectivity index (χ3v) is 5.20. The summed E-state index contributed by atoms with van der Waals surface area (Å²) in [5.41, 5.74) is 0.805. The van der Waals surface area contributed by atoms with E-state index in [1.807, 2.05) is 17.8 Å². The van der Waals surface area contributed by atoms with E-state index in [0.29, 0.717) is 11.8 Å². The number of nitrogens with zero attached hydrogens (tertiary/aromatic N) is 2. The number of nitrogens with one attached hydrogen (secondary N) is 1. The van der Waals surface area contributed by atoms with Gasteiger partial charge in [-0.05, 0) is 24.6 Å². The van der Waals surface area contributed by atoms with Crippen molar-refractivity contribution >= 4 is 41.7 Å². The van der Waals surface area contributed by atoms with Crippen molar-refractivity contribution in [2.45, 2.75) is 25.1 Å². The molecule has 1 saturated heterocycles. The molecule has 7 heteroatoms. The summed E-state index contributed by atoms with van der Waals surface area (Å²) < 4.78 is 5.21. The third-order valence-electron chi connectivity index (χ3n) is 3.83. The predicted octanol–water partition coefficient (Wildman–Crippen LogP) is 2.92. The third kappa shape index (κ3) is 5.63. The molecule has 2 N–H and O–H groups in total. The number of aromatic hydroxyl groups is 1. The van der Waals surface area contributed by atoms with Crippen molar-refractivity contribution in [3.05, 3.63) is 23.8 Å². The van der Waals surface area contributed by atoms with Crippen LogP contribution in [0.5, 0.6) is 11.5 Å². The minimum absolute atomic E-state index is 0. The van der Waals surface area contributed by atoms with Crippen molar-refractivity contribution in [3.8, 4) is 11.5 Å². The summed E-state index contributed by atoms with van der Waals surface area (Å²) in [7, 11) is 3.43. The largest absolute Gasteiger partial charge is 0.508 e. The molecule has 0 radical (unpaired) electrons. The maximum absolute atomic E-state index is 9.95. The topological polar surface area (TPSA) is 57.1 Å². The average Bonchev–Trinajstić information content (AvgIpc) is 2.57. The van der Waals surface area contributed by atoms with Gasteiger partial charge in [0.05, 0.1) is 7.11 Å². The Bertz CT molecular complexity index is 528. The second kappa shape index (κ2) is 10.1. The maximum atomic E-state index is 9.95. The first-order valence-corrected chi connectivity index (χ1v) is 8.65. The molecule has 2 rings (SSSR count). The van der Waals surface area contributed by atoms with E-state index in [1.165, 1.54) is 6.42 Å². The lowest BCUT2D eigenvalue weighted by Crippen LogP contribution is -2.47. The number of halogens is 1. The molecule has 0 bridgehead atoms. The summed E-state index contributed by atoms with van der Waals surface area (Å²) in [6.07, 6.45) is 1.18. The Morgan fingerprint density at radius 3 is 2.96 bits per heavy atom. The number of ether oxygens (including phenoxy) is 1. The molecular weight excluding hydrogens is 425 g/mol. The molecule has 5 nitrogen and oxygen atoms in total. The smallest absolute Gasteiger partial charge is 0.193 e. The lowest BCUT2D eigenvalue weighted by molar-refractivity contribution is 0.404. The van der Waals surface area contributed by atoms with Crippen LogP contribution in [0.4, 0.5) is 0 Å². The quantitative estimate of drug-likeness (QED) is 0.419. The van der Waals surface area contributed by atoms with Crippen LogP contribution in [0.3, 0.4) is 0 Å². The number of aliphatic imine (C=N–C) groups is 1. The highest BCUT2D eigenvalue weighted by Crippen LogP contribution is 2.23. The minimum Gasteiger partial charge on any atom is -0.508 e. The van der Waals surface area contributed by atoms with Crippen LogP contribution in [0.25, 0.3) is 0 Å². The van der Waals surface area contributed by atoms with Crippen LogP contribution < -0.4 is 10.1 Å². The van der Waals surface area contributed by atoms with Gasteiger partial charge in [-0.2, -0.15) is 11.8 Å². The predicted molar refractivity (Wildman–Crippen MR) is 108 cm³/mol. The summed E-state index contributed by atoms with van der Waals surface area (Å²) >= 11 is 2.04. The van der Waals surface area contributed by atoms with Gasteiger partial charge in [0.15, 0.2) is 5.96 Å². The molecule has 1 atom stereocenters. The molecule has 1 fully saturated rings. The number of hydrogen-bond donors (Lipinski definition) is 2. The number of benzene rings is 1. The molecule has 1 aromatic carbocycles. The van der Waals surface area contributed by atoms with Gasteiger partial charge in [0.25, 0.3) is 0 Å². The van der Waals surface area contributed by atoms with Crippen LogP contribution in [0, 0.1) is 0 Å². The number of rotatable bonds is 4. The number of thioether (sulfide) groups is 1. The average molecular weight is 451 g/mol. The van der Waals surface area contributed by atoms with E-state index < -0.39 is 0 Å². The lowest BCUT2D eigenvalue weighted by atomic mass is 10.2. The first kappa shape index (κ1) is 20.2. The second-order valence-corrected chi connectivity index (χ2v) is 6.65. The van der Waals surface area contributed by atoms with Crippen molar-refractivity contribution in [2.75, 3.05) is 33.0 Å². The van der Waals surface area contributed by atoms with Gasteiger partial charge < -0.3 is 20.1 Å². The molecule has 0 aliphatic carbocycles. The van der Waals surface area contributed by atoms with Crippen LogP contribution in [0.2, 0.25) is 0 Å². The first-order valence-electron chi connectivity index (χ1n) is 7.61. The van der Waals surface area contributed by atoms with Crippen molar-refractivity contribution in [1.82, 2.24) is 10.2 Å². The first-order chi connectivity index (χ1) is 10.7. The zero-order chi connectivity index (χ0) is 15.9. The van der Waals surface area contributed by atoms with Gasteiger partial charge in [0.1, 0.15) is 11.5 Å². The Hall–Kier alpha value is -0.830. The Balaban J connectivity index is 0.00000264. The summed E-state index contributed by atoms with van der Waals surface area (Å²) in [6.45, 7) is 4.78. The minimum atomic E-state index is 0. The molecule has 1 aliphatic rings. The monoisotopic (exact) mass is 451 g/mol. The fraction of sp³-hybridized carbons (Fsp3) is 0.562. The fourth-order valence-electron chi connectivity index (χ4n) is 2.50. The molecular formula is C16H26IN3O2S. The Kier molecular flexibility index (Phi) is 8.90. The van der Waals surface area contributed by atoms with Crippen LogP contribution in [-0.4, -0.2) is 54.2 Å². The van der Waals surface area contributed by atoms with Crippen LogP contribution in [0.1, 0.15) is 18.9 Å². The molecule has 1 unspecified atom stereocenters. The summed E-state index contributed by atoms with van der Waals surface area (Å²) in [4.78, 5) is 6.67. The maximum Gasteiger partial charge on any atom is 0.193 e. The van der Waals surface area contributed by atoms with Gasteiger partial charge in [0.2, 0.25) is 0 Å². The molecule has 0 amide bonds. The number of guanidine groups is 1. The Morgan fingerprint density at radius 2 is 2.30 bits per heavy atom. The highest BCUT2D eigenvalue weighted by Gasteiger charge is 2.21. The van der Waals surface area contributed by atoms with E-state index in [2.05, 4.69) is 22.1 Å². The number of hydrogen-bond acceptors (Lipinski definition) is 4. The zero-order valence-corrected chi connectivity index (χ0v) is 17.1. The van der Waals surface area contributed by atoms with Gasteiger partial charge in [-0.1, -0.05) is 6.92 Å². The normalized spacial score (nSPS) is 18.3. The van der Waals surface area contributed by atoms with E-state index in [9.17, 15) is 5.11 Å². The summed E-state index contributed by atoms with van der Waals surface area (Å²) in [5.74, 6) is 3.03. The van der Waals surface area contributed by atoms with Crippen molar-refractivity contribution < 1.29 is 9.84 Å². The van der Waals surface area contributed by atoms with Gasteiger partial charge in [0, 0.05) is 43.2 Å². The van der Waals surface area contributed by atoms with E-state index in [0.717, 1.165) is 36.1 Å². The number of phenols is 1. The molecule has 1 heterocycles. The SMILES string of the molecule is CCC1CN(C(=NC)NCc2cc(OC)ccc2O)CCS1.I. The van der Waals surface area contributed by atoms with Gasteiger partial charge in [-0.3, -0.25) is 4.99 Å². The molecule has 0 aromatic heterocycles. The Labute approximate surface area is 159 Å². The molecule has 0 spiro atoms. The Morgan fingerprint density at radius 1 is 1.52 bits per heavy atom. The van der Waals surface area contributed by atoms with E-state index in [4.69, 9.17) is 4.74 Å². The molecule has 0 saturated carbocycles. The van der Waals surface area contributed by atoms with Crippen molar-refractivity contribution in [2.24, 2.45) is 4.99 Å². The molecule has 1 aromatic rings. The standard InChI is InChI=1S/C16H25N3O2S.HI/c1-4-14-11-19(7-8-22-14)16(17-2)18-10-12-9-13(21-3)5-6-15(12)20;/h5-6,9,14,20H,4,7-8,10-11H2,1-3H3,(H,17,18);1H. The van der Waals surface area contributed by atoms with E-state index in [1.54, 1.807) is 26.3 Å². The van der Waals surface area contributed by atoms with Crippen molar-refractivity contribution in [1.29, 1.82) is 0 Å².